The second-order valence-corrected chi connectivity index (χ2v) is 5.08. The first kappa shape index (κ1) is 14.4. The number of nitrogens with zero attached hydrogens (tertiary/aromatic N) is 1. The third-order valence-electron chi connectivity index (χ3n) is 2.87. The van der Waals surface area contributed by atoms with Gasteiger partial charge >= 0.3 is 0 Å². The van der Waals surface area contributed by atoms with Crippen LogP contribution in [0.4, 0.5) is 14.5 Å². The van der Waals surface area contributed by atoms with Crippen LogP contribution in [-0.2, 0) is 0 Å². The SMILES string of the molecule is Cc1ccc(F)c(NCCCC(C)(C)C#N)c1F. The Morgan fingerprint density at radius 3 is 2.61 bits per heavy atom. The van der Waals surface area contributed by atoms with Gasteiger partial charge in [0.05, 0.1) is 11.5 Å². The van der Waals surface area contributed by atoms with Gasteiger partial charge in [0.2, 0.25) is 0 Å². The number of nitriles is 1. The van der Waals surface area contributed by atoms with Gasteiger partial charge in [0, 0.05) is 6.54 Å². The molecule has 0 aromatic heterocycles. The molecule has 2 nitrogen and oxygen atoms in total. The Labute approximate surface area is 107 Å². The van der Waals surface area contributed by atoms with Crippen molar-refractivity contribution in [2.24, 2.45) is 5.41 Å². The number of benzene rings is 1. The van der Waals surface area contributed by atoms with Crippen molar-refractivity contribution in [2.75, 3.05) is 11.9 Å². The molecular weight excluding hydrogens is 234 g/mol. The largest absolute Gasteiger partial charge is 0.380 e. The van der Waals surface area contributed by atoms with E-state index in [0.29, 0.717) is 24.9 Å². The molecule has 0 spiro atoms. The van der Waals surface area contributed by atoms with E-state index in [1.807, 2.05) is 13.8 Å². The van der Waals surface area contributed by atoms with Crippen LogP contribution in [0.15, 0.2) is 12.1 Å². The molecule has 0 unspecified atom stereocenters. The van der Waals surface area contributed by atoms with E-state index >= 15 is 0 Å². The van der Waals surface area contributed by atoms with E-state index in [1.165, 1.54) is 12.1 Å². The summed E-state index contributed by atoms with van der Waals surface area (Å²) in [6, 6.07) is 4.86. The fraction of sp³-hybridized carbons (Fsp3) is 0.500. The molecule has 0 saturated heterocycles. The van der Waals surface area contributed by atoms with Gasteiger partial charge in [-0.3, -0.25) is 0 Å². The minimum Gasteiger partial charge on any atom is -0.380 e. The smallest absolute Gasteiger partial charge is 0.152 e. The Balaban J connectivity index is 2.56. The molecule has 4 heteroatoms. The van der Waals surface area contributed by atoms with Crippen LogP contribution >= 0.6 is 0 Å². The Kier molecular flexibility index (Phi) is 4.66. The molecule has 1 N–H and O–H groups in total. The van der Waals surface area contributed by atoms with Crippen molar-refractivity contribution in [3.8, 4) is 6.07 Å². The van der Waals surface area contributed by atoms with Gasteiger partial charge in [0.1, 0.15) is 11.5 Å². The molecule has 1 aromatic rings. The summed E-state index contributed by atoms with van der Waals surface area (Å²) in [4.78, 5) is 0. The van der Waals surface area contributed by atoms with Crippen molar-refractivity contribution < 1.29 is 8.78 Å². The first-order valence-electron chi connectivity index (χ1n) is 5.97. The van der Waals surface area contributed by atoms with Crippen molar-refractivity contribution in [3.05, 3.63) is 29.3 Å². The predicted molar refractivity (Wildman–Crippen MR) is 68.2 cm³/mol. The van der Waals surface area contributed by atoms with Crippen molar-refractivity contribution in [3.63, 3.8) is 0 Å². The maximum atomic E-state index is 13.6. The number of nitrogens with one attached hydrogen (secondary N) is 1. The van der Waals surface area contributed by atoms with Crippen LogP contribution in [0.25, 0.3) is 0 Å². The van der Waals surface area contributed by atoms with E-state index in [2.05, 4.69) is 11.4 Å². The van der Waals surface area contributed by atoms with Gasteiger partial charge in [0.25, 0.3) is 0 Å². The van der Waals surface area contributed by atoms with E-state index in [4.69, 9.17) is 5.26 Å². The van der Waals surface area contributed by atoms with E-state index in [0.717, 1.165) is 0 Å². The van der Waals surface area contributed by atoms with Crippen molar-refractivity contribution >= 4 is 5.69 Å². The molecule has 0 radical (unpaired) electrons. The molecule has 0 aliphatic rings. The zero-order valence-corrected chi connectivity index (χ0v) is 11.0. The average Bonchev–Trinajstić information content (AvgIpc) is 2.33. The van der Waals surface area contributed by atoms with Crippen molar-refractivity contribution in [2.45, 2.75) is 33.6 Å². The molecule has 0 aliphatic carbocycles. The number of rotatable bonds is 5. The van der Waals surface area contributed by atoms with Crippen molar-refractivity contribution in [1.82, 2.24) is 0 Å². The van der Waals surface area contributed by atoms with Crippen LogP contribution in [-0.4, -0.2) is 6.54 Å². The number of anilines is 1. The second-order valence-electron chi connectivity index (χ2n) is 5.08. The lowest BCUT2D eigenvalue weighted by Crippen LogP contribution is -2.12. The van der Waals surface area contributed by atoms with Crippen LogP contribution in [0.5, 0.6) is 0 Å². The highest BCUT2D eigenvalue weighted by atomic mass is 19.1. The van der Waals surface area contributed by atoms with E-state index in [1.54, 1.807) is 6.92 Å². The standard InChI is InChI=1S/C14H18F2N2/c1-10-5-6-11(15)13(12(10)16)18-8-4-7-14(2,3)9-17/h5-6,18H,4,7-8H2,1-3H3. The zero-order valence-electron chi connectivity index (χ0n) is 11.0. The van der Waals surface area contributed by atoms with E-state index in [-0.39, 0.29) is 5.69 Å². The maximum Gasteiger partial charge on any atom is 0.152 e. The summed E-state index contributed by atoms with van der Waals surface area (Å²) in [6.07, 6.45) is 1.37. The van der Waals surface area contributed by atoms with Gasteiger partial charge in [-0.1, -0.05) is 6.07 Å². The lowest BCUT2D eigenvalue weighted by atomic mass is 9.90. The molecule has 1 aromatic carbocycles. The Morgan fingerprint density at radius 2 is 2.00 bits per heavy atom. The molecule has 0 atom stereocenters. The molecule has 0 saturated carbocycles. The minimum absolute atomic E-state index is 0.0789. The quantitative estimate of drug-likeness (QED) is 0.803. The molecule has 0 fully saturated rings. The maximum absolute atomic E-state index is 13.6. The molecule has 0 heterocycles. The molecular formula is C14H18F2N2. The van der Waals surface area contributed by atoms with Crippen molar-refractivity contribution in [1.29, 1.82) is 5.26 Å². The molecule has 98 valence electrons. The van der Waals surface area contributed by atoms with Crippen LogP contribution < -0.4 is 5.32 Å². The molecule has 1 rings (SSSR count). The normalized spacial score (nSPS) is 11.1. The summed E-state index contributed by atoms with van der Waals surface area (Å²) in [5.74, 6) is -1.13. The van der Waals surface area contributed by atoms with Gasteiger partial charge in [-0.25, -0.2) is 8.78 Å². The van der Waals surface area contributed by atoms with Gasteiger partial charge in [-0.2, -0.15) is 5.26 Å². The lowest BCUT2D eigenvalue weighted by Gasteiger charge is -2.15. The molecule has 18 heavy (non-hydrogen) atoms. The van der Waals surface area contributed by atoms with Crippen LogP contribution in [0, 0.1) is 35.3 Å². The molecule has 0 aliphatic heterocycles. The van der Waals surface area contributed by atoms with Gasteiger partial charge in [0.15, 0.2) is 5.82 Å². The van der Waals surface area contributed by atoms with E-state index < -0.39 is 17.0 Å². The second kappa shape index (κ2) is 5.81. The van der Waals surface area contributed by atoms with Gasteiger partial charge in [-0.15, -0.1) is 0 Å². The Bertz CT molecular complexity index is 462. The number of halogens is 2. The highest BCUT2D eigenvalue weighted by Crippen LogP contribution is 2.23. The topological polar surface area (TPSA) is 35.8 Å². The summed E-state index contributed by atoms with van der Waals surface area (Å²) in [5, 5.41) is 11.6. The molecule has 0 bridgehead atoms. The summed E-state index contributed by atoms with van der Waals surface area (Å²) in [5.41, 5.74) is -0.0632. The zero-order chi connectivity index (χ0) is 13.8. The number of hydrogen-bond donors (Lipinski definition) is 1. The van der Waals surface area contributed by atoms with E-state index in [9.17, 15) is 8.78 Å². The highest BCUT2D eigenvalue weighted by Gasteiger charge is 2.16. The summed E-state index contributed by atoms with van der Waals surface area (Å²) in [6.45, 7) is 5.74. The van der Waals surface area contributed by atoms with Crippen LogP contribution in [0.2, 0.25) is 0 Å². The fourth-order valence-corrected chi connectivity index (χ4v) is 1.62. The monoisotopic (exact) mass is 252 g/mol. The highest BCUT2D eigenvalue weighted by molar-refractivity contribution is 5.48. The van der Waals surface area contributed by atoms with Crippen LogP contribution in [0.3, 0.4) is 0 Å². The summed E-state index contributed by atoms with van der Waals surface area (Å²) in [7, 11) is 0. The average molecular weight is 252 g/mol. The third kappa shape index (κ3) is 3.69. The number of aryl methyl sites for hydroxylation is 1. The predicted octanol–water partition coefficient (Wildman–Crippen LogP) is 4.02. The minimum atomic E-state index is -0.586. The number of hydrogen-bond acceptors (Lipinski definition) is 2. The third-order valence-corrected chi connectivity index (χ3v) is 2.87. The Hall–Kier alpha value is -1.63. The first-order valence-corrected chi connectivity index (χ1v) is 5.97. The van der Waals surface area contributed by atoms with Gasteiger partial charge < -0.3 is 5.32 Å². The molecule has 0 amide bonds. The summed E-state index contributed by atoms with van der Waals surface area (Å²) >= 11 is 0. The summed E-state index contributed by atoms with van der Waals surface area (Å²) < 4.78 is 27.0. The first-order chi connectivity index (χ1) is 8.37. The lowest BCUT2D eigenvalue weighted by molar-refractivity contribution is 0.441. The Morgan fingerprint density at radius 1 is 1.33 bits per heavy atom. The van der Waals surface area contributed by atoms with Crippen LogP contribution in [0.1, 0.15) is 32.3 Å². The van der Waals surface area contributed by atoms with Gasteiger partial charge in [-0.05, 0) is 45.2 Å². The fourth-order valence-electron chi connectivity index (χ4n) is 1.62.